The highest BCUT2D eigenvalue weighted by Gasteiger charge is 2.29. The summed E-state index contributed by atoms with van der Waals surface area (Å²) in [5.74, 6) is 0.137. The van der Waals surface area contributed by atoms with Crippen LogP contribution in [-0.4, -0.2) is 19.0 Å². The van der Waals surface area contributed by atoms with Crippen LogP contribution in [0.15, 0.2) is 41.8 Å². The Hall–Kier alpha value is -1.65. The highest BCUT2D eigenvalue weighted by Crippen LogP contribution is 2.18. The molecule has 3 nitrogen and oxygen atoms in total. The summed E-state index contributed by atoms with van der Waals surface area (Å²) in [6.07, 6.45) is 1.67. The Labute approximate surface area is 136 Å². The van der Waals surface area contributed by atoms with Crippen molar-refractivity contribution in [1.82, 2.24) is 5.32 Å². The molecule has 1 unspecified atom stereocenters. The molecule has 1 aromatic heterocycles. The number of benzene rings is 1. The molecule has 2 atom stereocenters. The van der Waals surface area contributed by atoms with E-state index in [1.807, 2.05) is 6.92 Å². The summed E-state index contributed by atoms with van der Waals surface area (Å²) < 4.78 is 0. The van der Waals surface area contributed by atoms with E-state index >= 15 is 0 Å². The molecule has 3 rings (SSSR count). The van der Waals surface area contributed by atoms with Gasteiger partial charge in [0.1, 0.15) is 12.6 Å². The molecule has 1 aliphatic heterocycles. The summed E-state index contributed by atoms with van der Waals surface area (Å²) in [5, 5.41) is 5.22. The van der Waals surface area contributed by atoms with Gasteiger partial charge in [-0.1, -0.05) is 37.3 Å². The Morgan fingerprint density at radius 3 is 2.82 bits per heavy atom. The van der Waals surface area contributed by atoms with E-state index < -0.39 is 0 Å². The first-order chi connectivity index (χ1) is 10.8. The predicted octanol–water partition coefficient (Wildman–Crippen LogP) is 1.96. The van der Waals surface area contributed by atoms with E-state index in [1.165, 1.54) is 16.0 Å². The van der Waals surface area contributed by atoms with Crippen LogP contribution in [0.2, 0.25) is 0 Å². The predicted molar refractivity (Wildman–Crippen MR) is 90.0 cm³/mol. The number of carbonyl (C=O) groups is 1. The number of amides is 1. The number of fused-ring (bicyclic) bond motifs is 1. The first kappa shape index (κ1) is 15.3. The number of hydrogen-bond acceptors (Lipinski definition) is 2. The maximum atomic E-state index is 11.7. The third-order valence-corrected chi connectivity index (χ3v) is 5.44. The SMILES string of the molecule is CCC(=O)NC[C@@H](c1cccs1)[NH+]1CCc2ccccc2C1. The molecule has 1 aliphatic rings. The maximum absolute atomic E-state index is 11.7. The van der Waals surface area contributed by atoms with Crippen LogP contribution in [0.25, 0.3) is 0 Å². The highest BCUT2D eigenvalue weighted by atomic mass is 32.1. The molecular formula is C18H23N2OS+. The second-order valence-electron chi connectivity index (χ2n) is 5.83. The molecule has 0 spiro atoms. The van der Waals surface area contributed by atoms with Gasteiger partial charge >= 0.3 is 0 Å². The fraction of sp³-hybridized carbons (Fsp3) is 0.389. The van der Waals surface area contributed by atoms with Crippen molar-refractivity contribution in [2.75, 3.05) is 13.1 Å². The summed E-state index contributed by atoms with van der Waals surface area (Å²) >= 11 is 1.79. The van der Waals surface area contributed by atoms with Crippen LogP contribution in [0.5, 0.6) is 0 Å². The van der Waals surface area contributed by atoms with Crippen LogP contribution in [0.1, 0.15) is 35.4 Å². The van der Waals surface area contributed by atoms with Gasteiger partial charge in [0.25, 0.3) is 0 Å². The number of hydrogen-bond donors (Lipinski definition) is 2. The number of thiophene rings is 1. The number of rotatable bonds is 5. The number of nitrogens with one attached hydrogen (secondary N) is 2. The van der Waals surface area contributed by atoms with Crippen LogP contribution >= 0.6 is 11.3 Å². The van der Waals surface area contributed by atoms with E-state index in [1.54, 1.807) is 16.2 Å². The van der Waals surface area contributed by atoms with Crippen molar-refractivity contribution in [1.29, 1.82) is 0 Å². The largest absolute Gasteiger partial charge is 0.350 e. The summed E-state index contributed by atoms with van der Waals surface area (Å²) in [5.41, 5.74) is 2.93. The molecule has 2 N–H and O–H groups in total. The zero-order valence-electron chi connectivity index (χ0n) is 13.0. The third kappa shape index (κ3) is 3.39. The molecule has 1 aromatic carbocycles. The molecule has 4 heteroatoms. The van der Waals surface area contributed by atoms with Crippen LogP contribution < -0.4 is 10.2 Å². The van der Waals surface area contributed by atoms with Crippen molar-refractivity contribution in [2.24, 2.45) is 0 Å². The molecule has 116 valence electrons. The number of quaternary nitrogens is 1. The van der Waals surface area contributed by atoms with Gasteiger partial charge in [0, 0.05) is 18.4 Å². The molecule has 0 saturated carbocycles. The van der Waals surface area contributed by atoms with Gasteiger partial charge in [0.2, 0.25) is 5.91 Å². The summed E-state index contributed by atoms with van der Waals surface area (Å²) in [7, 11) is 0. The maximum Gasteiger partial charge on any atom is 0.219 e. The summed E-state index contributed by atoms with van der Waals surface area (Å²) in [6, 6.07) is 13.4. The Bertz CT molecular complexity index is 624. The van der Waals surface area contributed by atoms with Crippen molar-refractivity contribution >= 4 is 17.2 Å². The van der Waals surface area contributed by atoms with Crippen LogP contribution in [0.3, 0.4) is 0 Å². The van der Waals surface area contributed by atoms with Gasteiger partial charge in [-0.15, -0.1) is 11.3 Å². The lowest BCUT2D eigenvalue weighted by atomic mass is 9.98. The van der Waals surface area contributed by atoms with Gasteiger partial charge < -0.3 is 10.2 Å². The van der Waals surface area contributed by atoms with Gasteiger partial charge in [0.15, 0.2) is 0 Å². The molecule has 2 heterocycles. The monoisotopic (exact) mass is 315 g/mol. The Morgan fingerprint density at radius 2 is 2.09 bits per heavy atom. The fourth-order valence-corrected chi connectivity index (χ4v) is 4.06. The highest BCUT2D eigenvalue weighted by molar-refractivity contribution is 7.10. The van der Waals surface area contributed by atoms with E-state index in [4.69, 9.17) is 0 Å². The van der Waals surface area contributed by atoms with E-state index in [0.29, 0.717) is 12.5 Å². The Balaban J connectivity index is 1.76. The Morgan fingerprint density at radius 1 is 1.27 bits per heavy atom. The van der Waals surface area contributed by atoms with Gasteiger partial charge in [0.05, 0.1) is 18.0 Å². The second kappa shape index (κ2) is 7.07. The van der Waals surface area contributed by atoms with Crippen LogP contribution in [0.4, 0.5) is 0 Å². The van der Waals surface area contributed by atoms with Crippen molar-refractivity contribution in [2.45, 2.75) is 32.4 Å². The summed E-state index contributed by atoms with van der Waals surface area (Å²) in [4.78, 5) is 14.6. The topological polar surface area (TPSA) is 33.5 Å². The average Bonchev–Trinajstić information content (AvgIpc) is 3.09. The molecule has 2 aromatic rings. The zero-order chi connectivity index (χ0) is 15.4. The normalized spacial score (nSPS) is 18.5. The molecule has 0 saturated heterocycles. The van der Waals surface area contributed by atoms with E-state index in [9.17, 15) is 4.79 Å². The van der Waals surface area contributed by atoms with Crippen molar-refractivity contribution in [3.8, 4) is 0 Å². The quantitative estimate of drug-likeness (QED) is 0.869. The molecular weight excluding hydrogens is 292 g/mol. The molecule has 0 radical (unpaired) electrons. The minimum Gasteiger partial charge on any atom is -0.350 e. The second-order valence-corrected chi connectivity index (χ2v) is 6.81. The Kier molecular flexibility index (Phi) is 4.90. The van der Waals surface area contributed by atoms with Gasteiger partial charge in [-0.25, -0.2) is 0 Å². The van der Waals surface area contributed by atoms with Crippen molar-refractivity contribution in [3.63, 3.8) is 0 Å². The van der Waals surface area contributed by atoms with Gasteiger partial charge in [-0.3, -0.25) is 4.79 Å². The summed E-state index contributed by atoms with van der Waals surface area (Å²) in [6.45, 7) is 4.80. The van der Waals surface area contributed by atoms with Gasteiger partial charge in [-0.05, 0) is 17.0 Å². The van der Waals surface area contributed by atoms with E-state index in [-0.39, 0.29) is 5.91 Å². The van der Waals surface area contributed by atoms with Crippen LogP contribution in [0, 0.1) is 0 Å². The lowest BCUT2D eigenvalue weighted by Crippen LogP contribution is -3.12. The molecule has 0 fully saturated rings. The zero-order valence-corrected chi connectivity index (χ0v) is 13.8. The smallest absolute Gasteiger partial charge is 0.219 e. The molecule has 1 amide bonds. The standard InChI is InChI=1S/C18H22N2OS/c1-2-18(21)19-12-16(17-8-5-11-22-17)20-10-9-14-6-3-4-7-15(14)13-20/h3-8,11,16H,2,9-10,12-13H2,1H3,(H,19,21)/p+1/t16-/m0/s1. The number of carbonyl (C=O) groups excluding carboxylic acids is 1. The lowest BCUT2D eigenvalue weighted by molar-refractivity contribution is -0.945. The minimum atomic E-state index is 0.137. The van der Waals surface area contributed by atoms with E-state index in [0.717, 1.165) is 26.1 Å². The molecule has 22 heavy (non-hydrogen) atoms. The third-order valence-electron chi connectivity index (χ3n) is 4.46. The molecule has 0 aliphatic carbocycles. The first-order valence-electron chi connectivity index (χ1n) is 7.99. The fourth-order valence-electron chi connectivity index (χ4n) is 3.18. The molecule has 0 bridgehead atoms. The first-order valence-corrected chi connectivity index (χ1v) is 8.87. The van der Waals surface area contributed by atoms with Crippen molar-refractivity contribution in [3.05, 3.63) is 57.8 Å². The van der Waals surface area contributed by atoms with Crippen LogP contribution in [-0.2, 0) is 17.8 Å². The average molecular weight is 315 g/mol. The van der Waals surface area contributed by atoms with Crippen molar-refractivity contribution < 1.29 is 9.69 Å². The minimum absolute atomic E-state index is 0.137. The lowest BCUT2D eigenvalue weighted by Gasteiger charge is -2.32. The van der Waals surface area contributed by atoms with Gasteiger partial charge in [-0.2, -0.15) is 0 Å². The van der Waals surface area contributed by atoms with E-state index in [2.05, 4.69) is 47.1 Å².